The molecule has 2 rings (SSSR count). The number of fused-ring (bicyclic) bond motifs is 1. The van der Waals surface area contributed by atoms with Gasteiger partial charge in [-0.25, -0.2) is 0 Å². The quantitative estimate of drug-likeness (QED) is 0.652. The highest BCUT2D eigenvalue weighted by Crippen LogP contribution is 2.35. The van der Waals surface area contributed by atoms with E-state index in [2.05, 4.69) is 5.32 Å². The second-order valence-corrected chi connectivity index (χ2v) is 4.02. The van der Waals surface area contributed by atoms with Crippen LogP contribution >= 0.6 is 0 Å². The predicted octanol–water partition coefficient (Wildman–Crippen LogP) is 0.831. The van der Waals surface area contributed by atoms with E-state index >= 15 is 0 Å². The number of nitriles is 1. The molecule has 0 radical (unpaired) electrons. The molecule has 4 heteroatoms. The molecule has 0 unspecified atom stereocenters. The zero-order valence-electron chi connectivity index (χ0n) is 9.07. The molecule has 2 atom stereocenters. The van der Waals surface area contributed by atoms with Gasteiger partial charge in [0.2, 0.25) is 0 Å². The van der Waals surface area contributed by atoms with E-state index in [0.29, 0.717) is 12.0 Å². The zero-order chi connectivity index (χ0) is 11.7. The van der Waals surface area contributed by atoms with E-state index in [9.17, 15) is 10.2 Å². The van der Waals surface area contributed by atoms with Crippen molar-refractivity contribution in [1.29, 1.82) is 5.26 Å². The smallest absolute Gasteiger partial charge is 0.133 e. The van der Waals surface area contributed by atoms with Crippen molar-refractivity contribution in [3.63, 3.8) is 0 Å². The first-order valence-electron chi connectivity index (χ1n) is 5.29. The third-order valence-electron chi connectivity index (χ3n) is 3.21. The van der Waals surface area contributed by atoms with Crippen LogP contribution in [0.3, 0.4) is 0 Å². The topological polar surface area (TPSA) is 76.3 Å². The van der Waals surface area contributed by atoms with Crippen LogP contribution in [0.2, 0.25) is 0 Å². The number of aliphatic hydroxyl groups excluding tert-OH is 1. The SMILES string of the molecule is CN[C@H]1CCc2c(ccc(O)c2C#N)[C@@H]1O. The normalized spacial score (nSPS) is 23.6. The van der Waals surface area contributed by atoms with Crippen LogP contribution in [0.5, 0.6) is 5.75 Å². The van der Waals surface area contributed by atoms with Crippen LogP contribution in [-0.2, 0) is 6.42 Å². The number of nitrogens with zero attached hydrogens (tertiary/aromatic N) is 1. The summed E-state index contributed by atoms with van der Waals surface area (Å²) in [5, 5.41) is 31.7. The van der Waals surface area contributed by atoms with Gasteiger partial charge in [0.1, 0.15) is 11.8 Å². The molecule has 0 spiro atoms. The molecular weight excluding hydrogens is 204 g/mol. The second-order valence-electron chi connectivity index (χ2n) is 4.02. The number of hydrogen-bond donors (Lipinski definition) is 3. The Bertz CT molecular complexity index is 451. The minimum atomic E-state index is -0.610. The van der Waals surface area contributed by atoms with E-state index in [-0.39, 0.29) is 11.8 Å². The molecular formula is C12H14N2O2. The maximum Gasteiger partial charge on any atom is 0.133 e. The fourth-order valence-electron chi connectivity index (χ4n) is 2.30. The van der Waals surface area contributed by atoms with E-state index in [0.717, 1.165) is 17.5 Å². The summed E-state index contributed by atoms with van der Waals surface area (Å²) in [5.74, 6) is -0.00337. The van der Waals surface area contributed by atoms with E-state index in [4.69, 9.17) is 5.26 Å². The summed E-state index contributed by atoms with van der Waals surface area (Å²) in [6.07, 6.45) is 0.860. The lowest BCUT2D eigenvalue weighted by Gasteiger charge is -2.30. The van der Waals surface area contributed by atoms with Gasteiger partial charge in [-0.3, -0.25) is 0 Å². The fourth-order valence-corrected chi connectivity index (χ4v) is 2.30. The largest absolute Gasteiger partial charge is 0.507 e. The lowest BCUT2D eigenvalue weighted by atomic mass is 9.83. The minimum absolute atomic E-state index is 0.00337. The Hall–Kier alpha value is -1.57. The van der Waals surface area contributed by atoms with Gasteiger partial charge in [-0.05, 0) is 37.1 Å². The number of aliphatic hydroxyl groups is 1. The first kappa shape index (κ1) is 10.9. The summed E-state index contributed by atoms with van der Waals surface area (Å²) in [6.45, 7) is 0. The highest BCUT2D eigenvalue weighted by molar-refractivity contribution is 5.53. The number of benzene rings is 1. The van der Waals surface area contributed by atoms with Crippen LogP contribution in [0.1, 0.15) is 29.2 Å². The van der Waals surface area contributed by atoms with Crippen LogP contribution in [0.4, 0.5) is 0 Å². The van der Waals surface area contributed by atoms with Crippen LogP contribution < -0.4 is 5.32 Å². The summed E-state index contributed by atoms with van der Waals surface area (Å²) in [5.41, 5.74) is 1.83. The molecule has 16 heavy (non-hydrogen) atoms. The molecule has 84 valence electrons. The predicted molar refractivity (Wildman–Crippen MR) is 59.0 cm³/mol. The summed E-state index contributed by atoms with van der Waals surface area (Å²) in [6, 6.07) is 5.18. The highest BCUT2D eigenvalue weighted by Gasteiger charge is 2.29. The lowest BCUT2D eigenvalue weighted by molar-refractivity contribution is 0.119. The van der Waals surface area contributed by atoms with Gasteiger partial charge in [-0.15, -0.1) is 0 Å². The molecule has 0 aliphatic heterocycles. The summed E-state index contributed by atoms with van der Waals surface area (Å²) < 4.78 is 0. The van der Waals surface area contributed by atoms with Crippen LogP contribution in [0, 0.1) is 11.3 Å². The molecule has 1 aliphatic rings. The third-order valence-corrected chi connectivity index (χ3v) is 3.21. The Kier molecular flexibility index (Phi) is 2.82. The monoisotopic (exact) mass is 218 g/mol. The van der Waals surface area contributed by atoms with Crippen molar-refractivity contribution in [1.82, 2.24) is 5.32 Å². The molecule has 1 aromatic carbocycles. The van der Waals surface area contributed by atoms with Gasteiger partial charge in [0.25, 0.3) is 0 Å². The number of hydrogen-bond acceptors (Lipinski definition) is 4. The summed E-state index contributed by atoms with van der Waals surface area (Å²) >= 11 is 0. The lowest BCUT2D eigenvalue weighted by Crippen LogP contribution is -2.36. The van der Waals surface area contributed by atoms with E-state index in [1.54, 1.807) is 6.07 Å². The molecule has 0 aromatic heterocycles. The molecule has 4 nitrogen and oxygen atoms in total. The van der Waals surface area contributed by atoms with Crippen molar-refractivity contribution in [2.75, 3.05) is 7.05 Å². The standard InChI is InChI=1S/C12H14N2O2/c1-14-10-4-2-7-8(12(10)16)3-5-11(15)9(7)6-13/h3,5,10,12,14-16H,2,4H2,1H3/t10-,12-/m0/s1. The molecule has 0 amide bonds. The van der Waals surface area contributed by atoms with Crippen molar-refractivity contribution in [3.8, 4) is 11.8 Å². The summed E-state index contributed by atoms with van der Waals surface area (Å²) in [7, 11) is 1.81. The van der Waals surface area contributed by atoms with Gasteiger partial charge < -0.3 is 15.5 Å². The molecule has 3 N–H and O–H groups in total. The molecule has 0 bridgehead atoms. The van der Waals surface area contributed by atoms with Crippen molar-refractivity contribution >= 4 is 0 Å². The molecule has 0 fully saturated rings. The molecule has 0 saturated carbocycles. The van der Waals surface area contributed by atoms with E-state index < -0.39 is 6.10 Å². The number of rotatable bonds is 1. The first-order valence-corrected chi connectivity index (χ1v) is 5.29. The number of phenols is 1. The van der Waals surface area contributed by atoms with Gasteiger partial charge in [-0.2, -0.15) is 5.26 Å². The Morgan fingerprint density at radius 3 is 2.88 bits per heavy atom. The number of phenolic OH excluding ortho intramolecular Hbond substituents is 1. The van der Waals surface area contributed by atoms with Crippen molar-refractivity contribution in [2.24, 2.45) is 0 Å². The van der Waals surface area contributed by atoms with Crippen molar-refractivity contribution in [3.05, 3.63) is 28.8 Å². The van der Waals surface area contributed by atoms with E-state index in [1.807, 2.05) is 13.1 Å². The highest BCUT2D eigenvalue weighted by atomic mass is 16.3. The fraction of sp³-hybridized carbons (Fsp3) is 0.417. The molecule has 1 aromatic rings. The maximum atomic E-state index is 10.1. The molecule has 1 aliphatic carbocycles. The third kappa shape index (κ3) is 1.54. The van der Waals surface area contributed by atoms with Gasteiger partial charge in [0, 0.05) is 6.04 Å². The van der Waals surface area contributed by atoms with Gasteiger partial charge in [-0.1, -0.05) is 6.07 Å². The summed E-state index contributed by atoms with van der Waals surface area (Å²) in [4.78, 5) is 0. The molecule has 0 saturated heterocycles. The Morgan fingerprint density at radius 1 is 1.50 bits per heavy atom. The van der Waals surface area contributed by atoms with Crippen LogP contribution in [-0.4, -0.2) is 23.3 Å². The molecule has 0 heterocycles. The van der Waals surface area contributed by atoms with Gasteiger partial charge in [0.15, 0.2) is 0 Å². The minimum Gasteiger partial charge on any atom is -0.507 e. The first-order chi connectivity index (χ1) is 7.69. The Balaban J connectivity index is 2.52. The number of nitrogens with one attached hydrogen (secondary N) is 1. The average molecular weight is 218 g/mol. The van der Waals surface area contributed by atoms with Crippen molar-refractivity contribution in [2.45, 2.75) is 25.0 Å². The number of aromatic hydroxyl groups is 1. The van der Waals surface area contributed by atoms with E-state index in [1.165, 1.54) is 6.07 Å². The average Bonchev–Trinajstić information content (AvgIpc) is 2.29. The second kappa shape index (κ2) is 4.12. The van der Waals surface area contributed by atoms with Crippen molar-refractivity contribution < 1.29 is 10.2 Å². The maximum absolute atomic E-state index is 10.1. The Morgan fingerprint density at radius 2 is 2.25 bits per heavy atom. The zero-order valence-corrected chi connectivity index (χ0v) is 9.07. The van der Waals surface area contributed by atoms with Crippen LogP contribution in [0.15, 0.2) is 12.1 Å². The van der Waals surface area contributed by atoms with Gasteiger partial charge >= 0.3 is 0 Å². The van der Waals surface area contributed by atoms with Crippen LogP contribution in [0.25, 0.3) is 0 Å². The number of likely N-dealkylation sites (N-methyl/N-ethyl adjacent to an activating group) is 1. The Labute approximate surface area is 94.1 Å². The van der Waals surface area contributed by atoms with Gasteiger partial charge in [0.05, 0.1) is 11.7 Å².